The third kappa shape index (κ3) is 2.40. The Morgan fingerprint density at radius 2 is 1.83 bits per heavy atom. The van der Waals surface area contributed by atoms with Gasteiger partial charge in [-0.15, -0.1) is 0 Å². The summed E-state index contributed by atoms with van der Waals surface area (Å²) in [6.07, 6.45) is 4.01. The zero-order valence-electron chi connectivity index (χ0n) is 15.6. The lowest BCUT2D eigenvalue weighted by molar-refractivity contribution is -0.142. The van der Waals surface area contributed by atoms with E-state index in [-0.39, 0.29) is 22.2 Å². The van der Waals surface area contributed by atoms with Crippen molar-refractivity contribution < 1.29 is 9.53 Å². The van der Waals surface area contributed by atoms with E-state index in [2.05, 4.69) is 27.7 Å². The van der Waals surface area contributed by atoms with Gasteiger partial charge in [-0.25, -0.2) is 4.79 Å². The molecule has 130 valence electrons. The number of methoxy groups -OCH3 is 1. The van der Waals surface area contributed by atoms with E-state index in [4.69, 9.17) is 9.73 Å². The van der Waals surface area contributed by atoms with Crippen LogP contribution < -0.4 is 0 Å². The topological polar surface area (TPSA) is 38.7 Å². The van der Waals surface area contributed by atoms with Gasteiger partial charge >= 0.3 is 5.97 Å². The van der Waals surface area contributed by atoms with E-state index in [0.717, 1.165) is 18.4 Å². The van der Waals surface area contributed by atoms with Gasteiger partial charge in [0.15, 0.2) is 6.04 Å². The Morgan fingerprint density at radius 1 is 1.17 bits per heavy atom. The summed E-state index contributed by atoms with van der Waals surface area (Å²) in [6, 6.07) is 9.64. The minimum Gasteiger partial charge on any atom is -0.467 e. The van der Waals surface area contributed by atoms with Crippen molar-refractivity contribution in [3.05, 3.63) is 35.9 Å². The Balaban J connectivity index is 1.93. The molecule has 2 aliphatic rings. The van der Waals surface area contributed by atoms with E-state index >= 15 is 0 Å². The van der Waals surface area contributed by atoms with Crippen molar-refractivity contribution in [1.82, 2.24) is 0 Å². The summed E-state index contributed by atoms with van der Waals surface area (Å²) in [5.74, 6) is -0.235. The number of ether oxygens (including phenoxy) is 1. The first-order valence-corrected chi connectivity index (χ1v) is 8.92. The van der Waals surface area contributed by atoms with Gasteiger partial charge in [-0.1, -0.05) is 58.0 Å². The van der Waals surface area contributed by atoms with Crippen molar-refractivity contribution in [3.63, 3.8) is 0 Å². The first kappa shape index (κ1) is 17.2. The van der Waals surface area contributed by atoms with Gasteiger partial charge in [0.05, 0.1) is 7.11 Å². The van der Waals surface area contributed by atoms with Crippen LogP contribution in [-0.2, 0) is 16.0 Å². The number of rotatable bonds is 4. The fourth-order valence-electron chi connectivity index (χ4n) is 4.73. The van der Waals surface area contributed by atoms with E-state index in [0.29, 0.717) is 6.42 Å². The lowest BCUT2D eigenvalue weighted by Gasteiger charge is -2.38. The van der Waals surface area contributed by atoms with Crippen molar-refractivity contribution in [3.8, 4) is 0 Å². The standard InChI is InChI=1S/C21H29NO2/c1-19(2)20(3)11-12-21(19,4)17(14-20)22-16(18(23)24-5)13-15-9-7-6-8-10-15/h6-10,16H,11-14H2,1-5H3/t16-,20+,21-/m0/s1. The number of esters is 1. The molecule has 2 saturated carbocycles. The second-order valence-electron chi connectivity index (χ2n) is 8.50. The highest BCUT2D eigenvalue weighted by atomic mass is 16.5. The first-order chi connectivity index (χ1) is 11.2. The van der Waals surface area contributed by atoms with Crippen LogP contribution in [0.4, 0.5) is 0 Å². The Hall–Kier alpha value is -1.64. The van der Waals surface area contributed by atoms with Crippen LogP contribution in [-0.4, -0.2) is 24.8 Å². The van der Waals surface area contributed by atoms with Gasteiger partial charge < -0.3 is 4.74 Å². The lowest BCUT2D eigenvalue weighted by Crippen LogP contribution is -2.35. The molecule has 0 aliphatic heterocycles. The zero-order chi connectivity index (χ0) is 17.6. The summed E-state index contributed by atoms with van der Waals surface area (Å²) in [7, 11) is 1.45. The number of aliphatic imine (C=N–C) groups is 1. The molecular weight excluding hydrogens is 298 g/mol. The Morgan fingerprint density at radius 3 is 2.33 bits per heavy atom. The van der Waals surface area contributed by atoms with E-state index < -0.39 is 6.04 Å². The number of benzene rings is 1. The Bertz CT molecular complexity index is 664. The molecule has 2 bridgehead atoms. The second kappa shape index (κ2) is 5.72. The van der Waals surface area contributed by atoms with Crippen LogP contribution in [0.3, 0.4) is 0 Å². The summed E-state index contributed by atoms with van der Waals surface area (Å²) in [5, 5.41) is 0. The molecule has 2 aliphatic carbocycles. The maximum atomic E-state index is 12.3. The van der Waals surface area contributed by atoms with Crippen LogP contribution in [0.25, 0.3) is 0 Å². The molecule has 0 unspecified atom stereocenters. The highest BCUT2D eigenvalue weighted by molar-refractivity contribution is 5.96. The third-order valence-corrected chi connectivity index (χ3v) is 7.32. The molecule has 0 amide bonds. The average molecular weight is 327 g/mol. The van der Waals surface area contributed by atoms with E-state index in [9.17, 15) is 4.79 Å². The molecule has 3 nitrogen and oxygen atoms in total. The summed E-state index contributed by atoms with van der Waals surface area (Å²) < 4.78 is 5.04. The average Bonchev–Trinajstić information content (AvgIpc) is 2.83. The SMILES string of the molecule is COC(=O)[C@H](Cc1ccccc1)N=C1C[C@@]2(C)CC[C@]1(C)C2(C)C. The normalized spacial score (nSPS) is 33.6. The van der Waals surface area contributed by atoms with Crippen molar-refractivity contribution >= 4 is 11.7 Å². The fourth-order valence-corrected chi connectivity index (χ4v) is 4.73. The Labute approximate surface area is 145 Å². The monoisotopic (exact) mass is 327 g/mol. The maximum absolute atomic E-state index is 12.3. The Kier molecular flexibility index (Phi) is 4.09. The molecule has 0 N–H and O–H groups in total. The van der Waals surface area contributed by atoms with Crippen LogP contribution in [0, 0.1) is 16.2 Å². The van der Waals surface area contributed by atoms with Gasteiger partial charge in [0.2, 0.25) is 0 Å². The zero-order valence-corrected chi connectivity index (χ0v) is 15.6. The number of hydrogen-bond acceptors (Lipinski definition) is 3. The minimum atomic E-state index is -0.442. The van der Waals surface area contributed by atoms with E-state index in [1.807, 2.05) is 30.3 Å². The van der Waals surface area contributed by atoms with Crippen molar-refractivity contribution in [2.24, 2.45) is 21.2 Å². The molecule has 3 atom stereocenters. The predicted octanol–water partition coefficient (Wildman–Crippen LogP) is 4.45. The molecule has 0 radical (unpaired) electrons. The smallest absolute Gasteiger partial charge is 0.330 e. The molecule has 0 spiro atoms. The van der Waals surface area contributed by atoms with E-state index in [1.54, 1.807) is 0 Å². The molecule has 24 heavy (non-hydrogen) atoms. The number of hydrogen-bond donors (Lipinski definition) is 0. The van der Waals surface area contributed by atoms with Gasteiger partial charge in [-0.05, 0) is 35.7 Å². The first-order valence-electron chi connectivity index (χ1n) is 8.92. The maximum Gasteiger partial charge on any atom is 0.330 e. The van der Waals surface area contributed by atoms with Crippen LogP contribution in [0.2, 0.25) is 0 Å². The summed E-state index contributed by atoms with van der Waals surface area (Å²) in [6.45, 7) is 9.45. The third-order valence-electron chi connectivity index (χ3n) is 7.32. The van der Waals surface area contributed by atoms with Crippen LogP contribution >= 0.6 is 0 Å². The van der Waals surface area contributed by atoms with Crippen molar-refractivity contribution in [2.45, 2.75) is 59.4 Å². The van der Waals surface area contributed by atoms with Crippen molar-refractivity contribution in [2.75, 3.05) is 7.11 Å². The van der Waals surface area contributed by atoms with Gasteiger partial charge in [0, 0.05) is 17.5 Å². The number of carbonyl (C=O) groups is 1. The van der Waals surface area contributed by atoms with Crippen LogP contribution in [0.15, 0.2) is 35.3 Å². The minimum absolute atomic E-state index is 0.0880. The second-order valence-corrected chi connectivity index (χ2v) is 8.50. The molecule has 3 rings (SSSR count). The molecule has 0 aromatic heterocycles. The highest BCUT2D eigenvalue weighted by Crippen LogP contribution is 2.70. The lowest BCUT2D eigenvalue weighted by atomic mass is 9.66. The van der Waals surface area contributed by atoms with Crippen molar-refractivity contribution in [1.29, 1.82) is 0 Å². The van der Waals surface area contributed by atoms with Gasteiger partial charge in [-0.3, -0.25) is 4.99 Å². The highest BCUT2D eigenvalue weighted by Gasteiger charge is 2.66. The van der Waals surface area contributed by atoms with Gasteiger partial charge in [-0.2, -0.15) is 0 Å². The summed E-state index contributed by atoms with van der Waals surface area (Å²) >= 11 is 0. The summed E-state index contributed by atoms with van der Waals surface area (Å²) in [5.41, 5.74) is 2.92. The largest absolute Gasteiger partial charge is 0.467 e. The molecule has 3 heteroatoms. The number of carbonyl (C=O) groups excluding carboxylic acids is 1. The number of fused-ring (bicyclic) bond motifs is 2. The fraction of sp³-hybridized carbons (Fsp3) is 0.619. The molecule has 2 fully saturated rings. The molecular formula is C21H29NO2. The summed E-state index contributed by atoms with van der Waals surface area (Å²) in [4.78, 5) is 17.3. The molecule has 0 heterocycles. The van der Waals surface area contributed by atoms with Gasteiger partial charge in [0.25, 0.3) is 0 Å². The molecule has 1 aromatic rings. The number of nitrogens with zero attached hydrogens (tertiary/aromatic N) is 1. The quantitative estimate of drug-likeness (QED) is 0.766. The predicted molar refractivity (Wildman–Crippen MR) is 97.2 cm³/mol. The van der Waals surface area contributed by atoms with Crippen LogP contribution in [0.1, 0.15) is 52.5 Å². The molecule has 1 aromatic carbocycles. The van der Waals surface area contributed by atoms with Crippen LogP contribution in [0.5, 0.6) is 0 Å². The molecule has 0 saturated heterocycles. The van der Waals surface area contributed by atoms with Gasteiger partial charge in [0.1, 0.15) is 0 Å². The van der Waals surface area contributed by atoms with E-state index in [1.165, 1.54) is 19.2 Å².